The van der Waals surface area contributed by atoms with E-state index in [2.05, 4.69) is 14.2 Å². The van der Waals surface area contributed by atoms with Crippen LogP contribution in [0, 0.1) is 0 Å². The summed E-state index contributed by atoms with van der Waals surface area (Å²) in [4.78, 5) is 22.0. The molecule has 0 spiro atoms. The summed E-state index contributed by atoms with van der Waals surface area (Å²) < 4.78 is 14.0. The SMILES string of the molecule is CCC(O)COC(=O)/C=C/C(=O)OCCOC. The van der Waals surface area contributed by atoms with E-state index in [4.69, 9.17) is 5.11 Å². The number of hydrogen-bond donors (Lipinski definition) is 1. The summed E-state index contributed by atoms with van der Waals surface area (Å²) in [6.07, 6.45) is 1.74. The predicted molar refractivity (Wildman–Crippen MR) is 59.2 cm³/mol. The Labute approximate surface area is 100 Å². The van der Waals surface area contributed by atoms with Gasteiger partial charge in [-0.2, -0.15) is 0 Å². The summed E-state index contributed by atoms with van der Waals surface area (Å²) in [5, 5.41) is 9.12. The van der Waals surface area contributed by atoms with Crippen LogP contribution in [0.4, 0.5) is 0 Å². The third kappa shape index (κ3) is 9.52. The fourth-order valence-corrected chi connectivity index (χ4v) is 0.754. The van der Waals surface area contributed by atoms with E-state index in [0.717, 1.165) is 12.2 Å². The highest BCUT2D eigenvalue weighted by Gasteiger charge is 2.05. The Balaban J connectivity index is 3.74. The number of carbonyl (C=O) groups excluding carboxylic acids is 2. The molecule has 0 radical (unpaired) electrons. The molecule has 0 aliphatic heterocycles. The molecule has 1 atom stereocenters. The van der Waals surface area contributed by atoms with Crippen molar-refractivity contribution in [1.29, 1.82) is 0 Å². The quantitative estimate of drug-likeness (QED) is 0.370. The molecule has 0 aliphatic carbocycles. The van der Waals surface area contributed by atoms with Crippen molar-refractivity contribution < 1.29 is 28.9 Å². The molecule has 0 aromatic rings. The van der Waals surface area contributed by atoms with Crippen molar-refractivity contribution in [3.63, 3.8) is 0 Å². The van der Waals surface area contributed by atoms with Gasteiger partial charge < -0.3 is 19.3 Å². The van der Waals surface area contributed by atoms with Gasteiger partial charge in [-0.3, -0.25) is 0 Å². The first kappa shape index (κ1) is 15.6. The van der Waals surface area contributed by atoms with Crippen LogP contribution in [0.15, 0.2) is 12.2 Å². The van der Waals surface area contributed by atoms with Gasteiger partial charge in [0.2, 0.25) is 0 Å². The first-order valence-corrected chi connectivity index (χ1v) is 5.28. The molecule has 0 heterocycles. The molecular formula is C11H18O6. The number of methoxy groups -OCH3 is 1. The van der Waals surface area contributed by atoms with Crippen molar-refractivity contribution in [3.05, 3.63) is 12.2 Å². The Morgan fingerprint density at radius 2 is 1.76 bits per heavy atom. The van der Waals surface area contributed by atoms with Gasteiger partial charge in [0, 0.05) is 19.3 Å². The third-order valence-electron chi connectivity index (χ3n) is 1.78. The lowest BCUT2D eigenvalue weighted by Crippen LogP contribution is -2.16. The normalized spacial score (nSPS) is 12.4. The zero-order valence-electron chi connectivity index (χ0n) is 10.0. The van der Waals surface area contributed by atoms with E-state index in [1.165, 1.54) is 7.11 Å². The Morgan fingerprint density at radius 1 is 1.18 bits per heavy atom. The topological polar surface area (TPSA) is 82.1 Å². The Bertz CT molecular complexity index is 261. The number of aliphatic hydroxyl groups is 1. The van der Waals surface area contributed by atoms with Gasteiger partial charge in [0.15, 0.2) is 0 Å². The van der Waals surface area contributed by atoms with Gasteiger partial charge in [-0.05, 0) is 6.42 Å². The molecule has 0 saturated heterocycles. The maximum atomic E-state index is 11.0. The molecule has 1 unspecified atom stereocenters. The Kier molecular flexibility index (Phi) is 8.99. The number of rotatable bonds is 8. The average molecular weight is 246 g/mol. The van der Waals surface area contributed by atoms with Gasteiger partial charge in [-0.1, -0.05) is 6.92 Å². The van der Waals surface area contributed by atoms with Crippen LogP contribution in [0.2, 0.25) is 0 Å². The summed E-state index contributed by atoms with van der Waals surface area (Å²) in [6.45, 7) is 2.11. The van der Waals surface area contributed by atoms with Crippen LogP contribution >= 0.6 is 0 Å². The molecular weight excluding hydrogens is 228 g/mol. The summed E-state index contributed by atoms with van der Waals surface area (Å²) in [6, 6.07) is 0. The minimum absolute atomic E-state index is 0.0849. The molecule has 17 heavy (non-hydrogen) atoms. The van der Waals surface area contributed by atoms with E-state index in [0.29, 0.717) is 13.0 Å². The first-order chi connectivity index (χ1) is 8.10. The highest BCUT2D eigenvalue weighted by molar-refractivity contribution is 5.91. The summed E-state index contributed by atoms with van der Waals surface area (Å²) in [7, 11) is 1.49. The Hall–Kier alpha value is -1.40. The van der Waals surface area contributed by atoms with Gasteiger partial charge in [0.05, 0.1) is 12.7 Å². The Morgan fingerprint density at radius 3 is 2.29 bits per heavy atom. The summed E-state index contributed by atoms with van der Waals surface area (Å²) >= 11 is 0. The van der Waals surface area contributed by atoms with Crippen molar-refractivity contribution >= 4 is 11.9 Å². The van der Waals surface area contributed by atoms with Crippen LogP contribution in [0.5, 0.6) is 0 Å². The van der Waals surface area contributed by atoms with E-state index < -0.39 is 18.0 Å². The molecule has 0 saturated carbocycles. The number of hydrogen-bond acceptors (Lipinski definition) is 6. The highest BCUT2D eigenvalue weighted by Crippen LogP contribution is 1.92. The van der Waals surface area contributed by atoms with Crippen molar-refractivity contribution in [3.8, 4) is 0 Å². The molecule has 0 bridgehead atoms. The van der Waals surface area contributed by atoms with E-state index in [9.17, 15) is 9.59 Å². The number of carbonyl (C=O) groups is 2. The van der Waals surface area contributed by atoms with Crippen molar-refractivity contribution in [2.75, 3.05) is 26.9 Å². The smallest absolute Gasteiger partial charge is 0.331 e. The largest absolute Gasteiger partial charge is 0.460 e. The second-order valence-electron chi connectivity index (χ2n) is 3.19. The number of aliphatic hydroxyl groups excluding tert-OH is 1. The van der Waals surface area contributed by atoms with Gasteiger partial charge in [-0.15, -0.1) is 0 Å². The fourth-order valence-electron chi connectivity index (χ4n) is 0.754. The van der Waals surface area contributed by atoms with E-state index in [-0.39, 0.29) is 13.2 Å². The molecule has 0 amide bonds. The lowest BCUT2D eigenvalue weighted by Gasteiger charge is -2.06. The van der Waals surface area contributed by atoms with Gasteiger partial charge in [0.25, 0.3) is 0 Å². The maximum absolute atomic E-state index is 11.0. The predicted octanol–water partition coefficient (Wildman–Crippen LogP) is 0.0463. The average Bonchev–Trinajstić information content (AvgIpc) is 2.33. The highest BCUT2D eigenvalue weighted by atomic mass is 16.6. The molecule has 1 N–H and O–H groups in total. The monoisotopic (exact) mass is 246 g/mol. The van der Waals surface area contributed by atoms with E-state index in [1.54, 1.807) is 6.92 Å². The minimum atomic E-state index is -0.693. The number of ether oxygens (including phenoxy) is 3. The molecule has 98 valence electrons. The lowest BCUT2D eigenvalue weighted by molar-refractivity contribution is -0.142. The van der Waals surface area contributed by atoms with Crippen molar-refractivity contribution in [2.45, 2.75) is 19.4 Å². The lowest BCUT2D eigenvalue weighted by atomic mass is 10.3. The second-order valence-corrected chi connectivity index (χ2v) is 3.19. The van der Waals surface area contributed by atoms with Crippen LogP contribution in [0.3, 0.4) is 0 Å². The molecule has 0 fully saturated rings. The van der Waals surface area contributed by atoms with Crippen LogP contribution in [0.25, 0.3) is 0 Å². The fraction of sp³-hybridized carbons (Fsp3) is 0.636. The standard InChI is InChI=1S/C11H18O6/c1-3-9(12)8-17-11(14)5-4-10(13)16-7-6-15-2/h4-5,9,12H,3,6-8H2,1-2H3/b5-4+. The molecule has 0 rings (SSSR count). The summed E-state index contributed by atoms with van der Waals surface area (Å²) in [5.74, 6) is -1.34. The van der Waals surface area contributed by atoms with Gasteiger partial charge in [0.1, 0.15) is 13.2 Å². The van der Waals surface area contributed by atoms with Crippen molar-refractivity contribution in [1.82, 2.24) is 0 Å². The molecule has 0 aromatic heterocycles. The molecule has 6 nitrogen and oxygen atoms in total. The molecule has 6 heteroatoms. The molecule has 0 aromatic carbocycles. The zero-order valence-corrected chi connectivity index (χ0v) is 10.0. The number of esters is 2. The minimum Gasteiger partial charge on any atom is -0.460 e. The van der Waals surface area contributed by atoms with Gasteiger partial charge in [-0.25, -0.2) is 9.59 Å². The second kappa shape index (κ2) is 9.80. The van der Waals surface area contributed by atoms with Crippen LogP contribution < -0.4 is 0 Å². The van der Waals surface area contributed by atoms with Crippen LogP contribution in [-0.2, 0) is 23.8 Å². The summed E-state index contributed by atoms with van der Waals surface area (Å²) in [5.41, 5.74) is 0. The van der Waals surface area contributed by atoms with E-state index >= 15 is 0 Å². The van der Waals surface area contributed by atoms with Crippen molar-refractivity contribution in [2.24, 2.45) is 0 Å². The van der Waals surface area contributed by atoms with Crippen LogP contribution in [0.1, 0.15) is 13.3 Å². The zero-order chi connectivity index (χ0) is 13.1. The van der Waals surface area contributed by atoms with Gasteiger partial charge >= 0.3 is 11.9 Å². The third-order valence-corrected chi connectivity index (χ3v) is 1.78. The maximum Gasteiger partial charge on any atom is 0.331 e. The molecule has 0 aliphatic rings. The first-order valence-electron chi connectivity index (χ1n) is 5.28. The van der Waals surface area contributed by atoms with E-state index in [1.807, 2.05) is 0 Å². The van der Waals surface area contributed by atoms with Crippen LogP contribution in [-0.4, -0.2) is 50.1 Å².